The fraction of sp³-hybridized carbons (Fsp3) is 0.528. The van der Waals surface area contributed by atoms with Crippen molar-refractivity contribution < 1.29 is 28.5 Å². The first kappa shape index (κ1) is 36.2. The number of pyridine rings is 1. The van der Waals surface area contributed by atoms with Crippen molar-refractivity contribution in [3.05, 3.63) is 47.7 Å². The second-order valence-electron chi connectivity index (χ2n) is 13.3. The van der Waals surface area contributed by atoms with Crippen LogP contribution in [0.25, 0.3) is 32.9 Å². The SMILES string of the molecule is CC.[B]C([B])(O)OC(C)C1CN(c2nc(OCC34CCCN3CCC4)nc3c(F)c(-c4cc(O)cc5ccc(F)c(CC)c45)ncc23)CCN1. The van der Waals surface area contributed by atoms with Crippen molar-refractivity contribution in [2.24, 2.45) is 0 Å². The number of ether oxygens (including phenoxy) is 2. The summed E-state index contributed by atoms with van der Waals surface area (Å²) in [4.78, 5) is 18.4. The third-order valence-corrected chi connectivity index (χ3v) is 10.1. The van der Waals surface area contributed by atoms with E-state index in [1.807, 2.05) is 25.7 Å². The van der Waals surface area contributed by atoms with Crippen LogP contribution in [-0.4, -0.2) is 108 Å². The summed E-state index contributed by atoms with van der Waals surface area (Å²) in [6.45, 7) is 11.4. The summed E-state index contributed by atoms with van der Waals surface area (Å²) >= 11 is 0. The summed E-state index contributed by atoms with van der Waals surface area (Å²) in [5, 5.41) is 25.2. The Balaban J connectivity index is 0.00000212. The number of hydrogen-bond donors (Lipinski definition) is 3. The quantitative estimate of drug-likeness (QED) is 0.172. The minimum absolute atomic E-state index is 0.00387. The zero-order valence-electron chi connectivity index (χ0n) is 29.2. The molecule has 0 spiro atoms. The minimum Gasteiger partial charge on any atom is -0.508 e. The average Bonchev–Trinajstić information content (AvgIpc) is 3.68. The molecule has 2 aromatic heterocycles. The van der Waals surface area contributed by atoms with E-state index in [1.165, 1.54) is 24.4 Å². The summed E-state index contributed by atoms with van der Waals surface area (Å²) in [6.07, 6.45) is 5.51. The van der Waals surface area contributed by atoms with E-state index in [0.29, 0.717) is 60.2 Å². The largest absolute Gasteiger partial charge is 0.508 e. The molecule has 4 aromatic rings. The van der Waals surface area contributed by atoms with Gasteiger partial charge in [-0.3, -0.25) is 9.88 Å². The standard InChI is InChI=1S/C34H38B2F2N6O4.C2H6/c1-3-22-25(37)7-6-20-14-21(45)15-23(27(20)22)29-28(38)30-24(16-40-29)31(43-13-10-39-26(17-43)19(2)48-34(35,36)46)42-32(41-30)47-18-33-8-4-11-44(33)12-5-9-33;1-2/h6-7,14-16,19,26,39,45-46H,3-5,8-13,17-18H2,1-2H3;1-2H3. The van der Waals surface area contributed by atoms with Crippen molar-refractivity contribution in [1.82, 2.24) is 25.2 Å². The maximum atomic E-state index is 16.9. The summed E-state index contributed by atoms with van der Waals surface area (Å²) in [6, 6.07) is 5.58. The normalized spacial score (nSPS) is 19.7. The minimum atomic E-state index is -2.31. The first-order valence-corrected chi connectivity index (χ1v) is 17.6. The number of aromatic nitrogens is 3. The number of anilines is 1. The monoisotopic (exact) mass is 684 g/mol. The van der Waals surface area contributed by atoms with E-state index >= 15 is 8.78 Å². The molecule has 0 amide bonds. The lowest BCUT2D eigenvalue weighted by molar-refractivity contribution is -0.119. The molecule has 3 fully saturated rings. The zero-order chi connectivity index (χ0) is 35.8. The van der Waals surface area contributed by atoms with Gasteiger partial charge in [0.25, 0.3) is 0 Å². The lowest BCUT2D eigenvalue weighted by atomic mass is 9.76. The smallest absolute Gasteiger partial charge is 0.319 e. The molecule has 0 aliphatic carbocycles. The second-order valence-corrected chi connectivity index (χ2v) is 13.3. The first-order chi connectivity index (χ1) is 24.0. The highest BCUT2D eigenvalue weighted by molar-refractivity contribution is 6.37. The zero-order valence-corrected chi connectivity index (χ0v) is 29.2. The summed E-state index contributed by atoms with van der Waals surface area (Å²) in [7, 11) is 11.0. The second kappa shape index (κ2) is 14.6. The Bertz CT molecular complexity index is 1850. The number of fused-ring (bicyclic) bond motifs is 3. The Hall–Kier alpha value is -3.58. The number of phenols is 1. The van der Waals surface area contributed by atoms with Crippen LogP contribution in [-0.2, 0) is 11.2 Å². The molecular formula is C36H44B2F2N6O4. The lowest BCUT2D eigenvalue weighted by Crippen LogP contribution is -2.57. The van der Waals surface area contributed by atoms with Crippen molar-refractivity contribution in [3.63, 3.8) is 0 Å². The molecule has 3 aliphatic rings. The number of nitrogens with one attached hydrogen (secondary N) is 1. The number of aliphatic hydroxyl groups is 1. The number of nitrogens with zero attached hydrogens (tertiary/aromatic N) is 5. The van der Waals surface area contributed by atoms with Gasteiger partial charge in [0.2, 0.25) is 0 Å². The molecule has 3 saturated heterocycles. The maximum Gasteiger partial charge on any atom is 0.319 e. The van der Waals surface area contributed by atoms with Crippen LogP contribution in [0, 0.1) is 11.6 Å². The Morgan fingerprint density at radius 3 is 2.56 bits per heavy atom. The number of piperazine rings is 1. The van der Waals surface area contributed by atoms with Gasteiger partial charge in [-0.1, -0.05) is 26.8 Å². The molecule has 50 heavy (non-hydrogen) atoms. The van der Waals surface area contributed by atoms with E-state index in [-0.39, 0.29) is 40.1 Å². The molecule has 7 rings (SSSR count). The summed E-state index contributed by atoms with van der Waals surface area (Å²) in [5.74, 6) is -0.821. The molecule has 3 aliphatic heterocycles. The molecule has 14 heteroatoms. The van der Waals surface area contributed by atoms with Crippen molar-refractivity contribution in [3.8, 4) is 23.0 Å². The van der Waals surface area contributed by atoms with Gasteiger partial charge in [-0.2, -0.15) is 9.97 Å². The van der Waals surface area contributed by atoms with Crippen LogP contribution in [0.1, 0.15) is 58.9 Å². The number of phenolic OH excluding ortho intramolecular Hbond substituents is 1. The average molecular weight is 684 g/mol. The Morgan fingerprint density at radius 1 is 1.12 bits per heavy atom. The van der Waals surface area contributed by atoms with Gasteiger partial charge in [0, 0.05) is 31.4 Å². The van der Waals surface area contributed by atoms with Crippen LogP contribution in [0.2, 0.25) is 0 Å². The lowest BCUT2D eigenvalue weighted by Gasteiger charge is -2.39. The van der Waals surface area contributed by atoms with Gasteiger partial charge >= 0.3 is 6.01 Å². The van der Waals surface area contributed by atoms with Crippen LogP contribution in [0.3, 0.4) is 0 Å². The topological polar surface area (TPSA) is 116 Å². The number of rotatable bonds is 9. The van der Waals surface area contributed by atoms with Gasteiger partial charge < -0.3 is 29.9 Å². The third kappa shape index (κ3) is 6.99. The van der Waals surface area contributed by atoms with E-state index in [0.717, 1.165) is 38.8 Å². The van der Waals surface area contributed by atoms with Gasteiger partial charge in [-0.05, 0) is 86.7 Å². The highest BCUT2D eigenvalue weighted by Gasteiger charge is 2.45. The van der Waals surface area contributed by atoms with E-state index in [2.05, 4.69) is 20.2 Å². The van der Waals surface area contributed by atoms with Crippen LogP contribution in [0.4, 0.5) is 14.6 Å². The molecule has 2 unspecified atom stereocenters. The predicted molar refractivity (Wildman–Crippen MR) is 192 cm³/mol. The molecule has 262 valence electrons. The van der Waals surface area contributed by atoms with Crippen LogP contribution < -0.4 is 15.0 Å². The first-order valence-electron chi connectivity index (χ1n) is 17.6. The summed E-state index contributed by atoms with van der Waals surface area (Å²) < 4.78 is 43.7. The molecule has 3 N–H and O–H groups in total. The van der Waals surface area contributed by atoms with Gasteiger partial charge in [0.1, 0.15) is 50.9 Å². The van der Waals surface area contributed by atoms with Gasteiger partial charge in [-0.15, -0.1) is 0 Å². The molecule has 2 aromatic carbocycles. The Morgan fingerprint density at radius 2 is 1.86 bits per heavy atom. The highest BCUT2D eigenvalue weighted by Crippen LogP contribution is 2.41. The highest BCUT2D eigenvalue weighted by atomic mass is 19.1. The van der Waals surface area contributed by atoms with Crippen molar-refractivity contribution in [2.45, 2.75) is 83.1 Å². The molecule has 4 radical (unpaired) electrons. The summed E-state index contributed by atoms with van der Waals surface area (Å²) in [5.41, 5.74) is -1.80. The third-order valence-electron chi connectivity index (χ3n) is 10.1. The van der Waals surface area contributed by atoms with Gasteiger partial charge in [-0.25, -0.2) is 8.78 Å². The van der Waals surface area contributed by atoms with Crippen molar-refractivity contribution >= 4 is 43.2 Å². The molecule has 0 saturated carbocycles. The van der Waals surface area contributed by atoms with Gasteiger partial charge in [0.05, 0.1) is 28.7 Å². The van der Waals surface area contributed by atoms with Gasteiger partial charge in [0.15, 0.2) is 5.82 Å². The number of aromatic hydroxyl groups is 1. The predicted octanol–water partition coefficient (Wildman–Crippen LogP) is 4.55. The Kier molecular flexibility index (Phi) is 10.6. The number of aryl methyl sites for hydroxylation is 1. The van der Waals surface area contributed by atoms with E-state index < -0.39 is 23.3 Å². The van der Waals surface area contributed by atoms with E-state index in [4.69, 9.17) is 30.2 Å². The van der Waals surface area contributed by atoms with E-state index in [9.17, 15) is 10.2 Å². The molecule has 2 atom stereocenters. The number of hydrogen-bond acceptors (Lipinski definition) is 10. The Labute approximate surface area is 294 Å². The fourth-order valence-electron chi connectivity index (χ4n) is 7.87. The van der Waals surface area contributed by atoms with Crippen molar-refractivity contribution in [1.29, 1.82) is 0 Å². The number of halogens is 2. The molecular weight excluding hydrogens is 640 g/mol. The van der Waals surface area contributed by atoms with Crippen LogP contribution >= 0.6 is 0 Å². The van der Waals surface area contributed by atoms with Crippen LogP contribution in [0.15, 0.2) is 30.5 Å². The van der Waals surface area contributed by atoms with Crippen molar-refractivity contribution in [2.75, 3.05) is 44.2 Å². The molecule has 0 bridgehead atoms. The maximum absolute atomic E-state index is 16.9. The van der Waals surface area contributed by atoms with Crippen LogP contribution in [0.5, 0.6) is 11.8 Å². The van der Waals surface area contributed by atoms with E-state index in [1.54, 1.807) is 13.0 Å². The molecule has 10 nitrogen and oxygen atoms in total. The fourth-order valence-corrected chi connectivity index (χ4v) is 7.87. The molecule has 5 heterocycles. The number of benzene rings is 2.